The first kappa shape index (κ1) is 20.6. The summed E-state index contributed by atoms with van der Waals surface area (Å²) < 4.78 is 1.79. The van der Waals surface area contributed by atoms with Gasteiger partial charge < -0.3 is 5.32 Å². The molecule has 3 aliphatic rings. The Kier molecular flexibility index (Phi) is 4.90. The summed E-state index contributed by atoms with van der Waals surface area (Å²) in [4.78, 5) is 39.7. The van der Waals surface area contributed by atoms with Crippen molar-refractivity contribution in [1.82, 2.24) is 20.0 Å². The molecule has 1 aliphatic heterocycles. The molecular weight excluding hydrogens is 428 g/mol. The molecule has 2 aliphatic carbocycles. The van der Waals surface area contributed by atoms with Gasteiger partial charge in [0.15, 0.2) is 0 Å². The number of hydrogen-bond acceptors (Lipinski definition) is 4. The highest BCUT2D eigenvalue weighted by atomic mass is 16.2. The number of benzene rings is 2. The number of likely N-dealkylation sites (tertiary alicyclic amines) is 1. The van der Waals surface area contributed by atoms with E-state index < -0.39 is 0 Å². The van der Waals surface area contributed by atoms with Crippen LogP contribution in [0.25, 0.3) is 16.9 Å². The maximum Gasteiger partial charge on any atom is 0.240 e. The molecule has 2 fully saturated rings. The van der Waals surface area contributed by atoms with Crippen LogP contribution in [0.1, 0.15) is 12.0 Å². The molecule has 6 rings (SSSR count). The van der Waals surface area contributed by atoms with Gasteiger partial charge in [0.1, 0.15) is 6.54 Å². The fourth-order valence-corrected chi connectivity index (χ4v) is 5.60. The van der Waals surface area contributed by atoms with Crippen LogP contribution >= 0.6 is 0 Å². The molecule has 1 aromatic heterocycles. The largest absolute Gasteiger partial charge is 0.350 e. The molecule has 2 aromatic carbocycles. The Morgan fingerprint density at radius 2 is 1.53 bits per heavy atom. The molecule has 1 N–H and O–H groups in total. The minimum Gasteiger partial charge on any atom is -0.350 e. The van der Waals surface area contributed by atoms with Crippen LogP contribution in [0.3, 0.4) is 0 Å². The molecule has 2 heterocycles. The third-order valence-corrected chi connectivity index (χ3v) is 7.20. The molecule has 4 unspecified atom stereocenters. The fourth-order valence-electron chi connectivity index (χ4n) is 5.60. The zero-order valence-corrected chi connectivity index (χ0v) is 18.5. The average molecular weight is 453 g/mol. The molecule has 2 bridgehead atoms. The van der Waals surface area contributed by atoms with Crippen molar-refractivity contribution in [1.29, 1.82) is 0 Å². The van der Waals surface area contributed by atoms with Crippen molar-refractivity contribution < 1.29 is 14.4 Å². The van der Waals surface area contributed by atoms with Crippen molar-refractivity contribution in [2.24, 2.45) is 23.7 Å². The number of aromatic nitrogens is 2. The third kappa shape index (κ3) is 3.36. The van der Waals surface area contributed by atoms with Gasteiger partial charge in [0, 0.05) is 23.9 Å². The first-order valence-electron chi connectivity index (χ1n) is 11.6. The van der Waals surface area contributed by atoms with Gasteiger partial charge >= 0.3 is 0 Å². The fraction of sp³-hybridized carbons (Fsp3) is 0.259. The SMILES string of the molecule is O=C(CN1C(=O)C2C3C=CC(C3)C2C1=O)NCc1cn(-c2ccccc2)nc1-c1ccccc1. The van der Waals surface area contributed by atoms with Crippen LogP contribution in [0.2, 0.25) is 0 Å². The van der Waals surface area contributed by atoms with Gasteiger partial charge in [-0.15, -0.1) is 0 Å². The topological polar surface area (TPSA) is 84.3 Å². The normalized spacial score (nSPS) is 24.6. The van der Waals surface area contributed by atoms with E-state index in [2.05, 4.69) is 17.5 Å². The molecule has 1 saturated carbocycles. The lowest BCUT2D eigenvalue weighted by molar-refractivity contribution is -0.144. The second kappa shape index (κ2) is 8.09. The average Bonchev–Trinajstić information content (AvgIpc) is 3.64. The van der Waals surface area contributed by atoms with Gasteiger partial charge in [-0.2, -0.15) is 5.10 Å². The summed E-state index contributed by atoms with van der Waals surface area (Å²) in [7, 11) is 0. The van der Waals surface area contributed by atoms with Gasteiger partial charge in [-0.3, -0.25) is 19.3 Å². The van der Waals surface area contributed by atoms with E-state index in [1.54, 1.807) is 4.68 Å². The minimum absolute atomic E-state index is 0.136. The van der Waals surface area contributed by atoms with Gasteiger partial charge in [-0.25, -0.2) is 4.68 Å². The number of carbonyl (C=O) groups is 3. The van der Waals surface area contributed by atoms with Gasteiger partial charge in [-0.1, -0.05) is 60.7 Å². The molecule has 7 nitrogen and oxygen atoms in total. The number of rotatable bonds is 6. The zero-order chi connectivity index (χ0) is 23.2. The number of fused-ring (bicyclic) bond motifs is 5. The third-order valence-electron chi connectivity index (χ3n) is 7.20. The molecule has 0 radical (unpaired) electrons. The highest BCUT2D eigenvalue weighted by molar-refractivity contribution is 6.08. The number of hydrogen-bond donors (Lipinski definition) is 1. The van der Waals surface area contributed by atoms with Crippen LogP contribution in [0.4, 0.5) is 0 Å². The molecule has 34 heavy (non-hydrogen) atoms. The van der Waals surface area contributed by atoms with E-state index in [9.17, 15) is 14.4 Å². The number of allylic oxidation sites excluding steroid dienone is 2. The Bertz CT molecular complexity index is 1270. The van der Waals surface area contributed by atoms with Crippen molar-refractivity contribution in [2.45, 2.75) is 13.0 Å². The number of nitrogens with zero attached hydrogens (tertiary/aromatic N) is 3. The van der Waals surface area contributed by atoms with Crippen LogP contribution in [0.15, 0.2) is 79.0 Å². The van der Waals surface area contributed by atoms with E-state index >= 15 is 0 Å². The number of imide groups is 1. The number of nitrogens with one attached hydrogen (secondary N) is 1. The molecule has 3 aromatic rings. The van der Waals surface area contributed by atoms with E-state index in [0.29, 0.717) is 0 Å². The predicted octanol–water partition coefficient (Wildman–Crippen LogP) is 2.96. The van der Waals surface area contributed by atoms with Crippen molar-refractivity contribution in [3.05, 3.63) is 84.6 Å². The highest BCUT2D eigenvalue weighted by Gasteiger charge is 2.59. The molecule has 4 atom stereocenters. The van der Waals surface area contributed by atoms with E-state index in [4.69, 9.17) is 5.10 Å². The van der Waals surface area contributed by atoms with Gasteiger partial charge in [0.05, 0.1) is 23.2 Å². The van der Waals surface area contributed by atoms with Crippen LogP contribution in [-0.2, 0) is 20.9 Å². The quantitative estimate of drug-likeness (QED) is 0.460. The molecule has 0 spiro atoms. The predicted molar refractivity (Wildman–Crippen MR) is 125 cm³/mol. The maximum absolute atomic E-state index is 12.9. The van der Waals surface area contributed by atoms with E-state index in [-0.39, 0.29) is 54.5 Å². The van der Waals surface area contributed by atoms with E-state index in [1.807, 2.05) is 66.9 Å². The Morgan fingerprint density at radius 3 is 2.18 bits per heavy atom. The summed E-state index contributed by atoms with van der Waals surface area (Å²) in [6.07, 6.45) is 6.88. The van der Waals surface area contributed by atoms with Crippen LogP contribution in [0, 0.1) is 23.7 Å². The van der Waals surface area contributed by atoms with Gasteiger partial charge in [0.25, 0.3) is 0 Å². The lowest BCUT2D eigenvalue weighted by Gasteiger charge is -2.16. The molecule has 3 amide bonds. The monoisotopic (exact) mass is 452 g/mol. The van der Waals surface area contributed by atoms with Gasteiger partial charge in [0.2, 0.25) is 17.7 Å². The second-order valence-corrected chi connectivity index (χ2v) is 9.19. The first-order chi connectivity index (χ1) is 16.6. The van der Waals surface area contributed by atoms with E-state index in [1.165, 1.54) is 0 Å². The summed E-state index contributed by atoms with van der Waals surface area (Å²) in [5.41, 5.74) is 3.49. The maximum atomic E-state index is 12.9. The summed E-state index contributed by atoms with van der Waals surface area (Å²) in [5.74, 6) is -1.07. The summed E-state index contributed by atoms with van der Waals surface area (Å²) in [5, 5.41) is 7.65. The Hall–Kier alpha value is -4.00. The lowest BCUT2D eigenvalue weighted by atomic mass is 9.85. The van der Waals surface area contributed by atoms with Gasteiger partial charge in [-0.05, 0) is 30.4 Å². The first-order valence-corrected chi connectivity index (χ1v) is 11.6. The molecule has 170 valence electrons. The lowest BCUT2D eigenvalue weighted by Crippen LogP contribution is -2.41. The summed E-state index contributed by atoms with van der Waals surface area (Å²) >= 11 is 0. The Labute approximate surface area is 197 Å². The zero-order valence-electron chi connectivity index (χ0n) is 18.5. The van der Waals surface area contributed by atoms with Crippen molar-refractivity contribution in [2.75, 3.05) is 6.54 Å². The van der Waals surface area contributed by atoms with Crippen LogP contribution < -0.4 is 5.32 Å². The molecule has 7 heteroatoms. The van der Waals surface area contributed by atoms with Crippen molar-refractivity contribution in [3.63, 3.8) is 0 Å². The summed E-state index contributed by atoms with van der Waals surface area (Å²) in [6.45, 7) is 0.00335. The highest BCUT2D eigenvalue weighted by Crippen LogP contribution is 2.52. The summed E-state index contributed by atoms with van der Waals surface area (Å²) in [6, 6.07) is 19.6. The number of amides is 3. The minimum atomic E-state index is -0.353. The Morgan fingerprint density at radius 1 is 0.912 bits per heavy atom. The van der Waals surface area contributed by atoms with Crippen LogP contribution in [-0.4, -0.2) is 38.9 Å². The Balaban J connectivity index is 1.18. The second-order valence-electron chi connectivity index (χ2n) is 9.19. The smallest absolute Gasteiger partial charge is 0.240 e. The van der Waals surface area contributed by atoms with Crippen molar-refractivity contribution >= 4 is 17.7 Å². The van der Waals surface area contributed by atoms with Crippen molar-refractivity contribution in [3.8, 4) is 16.9 Å². The van der Waals surface area contributed by atoms with E-state index in [0.717, 1.165) is 33.8 Å². The standard InChI is InChI=1S/C27H24N4O3/c32-22(16-30-26(33)23-18-11-12-19(13-18)24(23)27(30)34)28-14-20-15-31(21-9-5-2-6-10-21)29-25(20)17-7-3-1-4-8-17/h1-12,15,18-19,23-24H,13-14,16H2,(H,28,32). The van der Waals surface area contributed by atoms with Crippen LogP contribution in [0.5, 0.6) is 0 Å². The molecule has 1 saturated heterocycles. The number of para-hydroxylation sites is 1. The molecular formula is C27H24N4O3. The number of carbonyl (C=O) groups excluding carboxylic acids is 3.